The van der Waals surface area contributed by atoms with Gasteiger partial charge in [0.15, 0.2) is 0 Å². The molecule has 0 fully saturated rings. The molecule has 1 heterocycles. The molecule has 0 unspecified atom stereocenters. The van der Waals surface area contributed by atoms with Gasteiger partial charge in [-0.2, -0.15) is 0 Å². The number of anilines is 1. The van der Waals surface area contributed by atoms with Crippen LogP contribution in [-0.2, 0) is 5.11 Å². The van der Waals surface area contributed by atoms with E-state index in [1.807, 2.05) is 0 Å². The van der Waals surface area contributed by atoms with Gasteiger partial charge in [0.1, 0.15) is 0 Å². The fourth-order valence-corrected chi connectivity index (χ4v) is 0.553. The topological polar surface area (TPSA) is 61.9 Å². The SMILES string of the molecule is [O]C(=O)Nc1ccncc1. The maximum absolute atomic E-state index is 9.93. The van der Waals surface area contributed by atoms with Crippen LogP contribution >= 0.6 is 0 Å². The number of hydrogen-bond donors (Lipinski definition) is 1. The summed E-state index contributed by atoms with van der Waals surface area (Å²) in [5, 5.41) is 12.0. The van der Waals surface area contributed by atoms with Crippen LogP contribution in [0.25, 0.3) is 0 Å². The van der Waals surface area contributed by atoms with E-state index in [1.165, 1.54) is 24.5 Å². The molecule has 1 aromatic heterocycles. The van der Waals surface area contributed by atoms with Crippen molar-refractivity contribution < 1.29 is 9.90 Å². The van der Waals surface area contributed by atoms with E-state index in [0.717, 1.165) is 0 Å². The van der Waals surface area contributed by atoms with E-state index < -0.39 is 6.09 Å². The van der Waals surface area contributed by atoms with Gasteiger partial charge in [-0.25, -0.2) is 9.90 Å². The summed E-state index contributed by atoms with van der Waals surface area (Å²) in [6.45, 7) is 0. The third-order valence-corrected chi connectivity index (χ3v) is 0.927. The summed E-state index contributed by atoms with van der Waals surface area (Å²) >= 11 is 0. The molecule has 1 amide bonds. The summed E-state index contributed by atoms with van der Waals surface area (Å²) in [4.78, 5) is 13.6. The molecule has 1 rings (SSSR count). The number of aromatic nitrogens is 1. The van der Waals surface area contributed by atoms with Crippen LogP contribution in [0, 0.1) is 0 Å². The van der Waals surface area contributed by atoms with E-state index in [1.54, 1.807) is 0 Å². The first-order chi connectivity index (χ1) is 4.79. The van der Waals surface area contributed by atoms with E-state index in [4.69, 9.17) is 0 Å². The fourth-order valence-electron chi connectivity index (χ4n) is 0.553. The average Bonchev–Trinajstić information content (AvgIpc) is 1.88. The standard InChI is InChI=1S/C6H5N2O2/c9-6(10)8-5-1-3-7-4-2-5/h1-4H,(H,7,8). The Kier molecular flexibility index (Phi) is 1.84. The van der Waals surface area contributed by atoms with Gasteiger partial charge in [-0.05, 0) is 12.1 Å². The average molecular weight is 137 g/mol. The van der Waals surface area contributed by atoms with Gasteiger partial charge in [0.25, 0.3) is 0 Å². The van der Waals surface area contributed by atoms with Crippen LogP contribution in [0.1, 0.15) is 0 Å². The van der Waals surface area contributed by atoms with Crippen molar-refractivity contribution in [2.75, 3.05) is 5.32 Å². The van der Waals surface area contributed by atoms with Crippen LogP contribution < -0.4 is 5.32 Å². The Labute approximate surface area is 57.5 Å². The van der Waals surface area contributed by atoms with Gasteiger partial charge in [0.05, 0.1) is 0 Å². The molecule has 0 aliphatic carbocycles. The Bertz CT molecular complexity index is 222. The Hall–Kier alpha value is -1.58. The second-order valence-electron chi connectivity index (χ2n) is 1.65. The van der Waals surface area contributed by atoms with Crippen LogP contribution in [0.15, 0.2) is 24.5 Å². The Balaban J connectivity index is 2.67. The summed E-state index contributed by atoms with van der Waals surface area (Å²) in [6, 6.07) is 3.08. The second kappa shape index (κ2) is 2.82. The predicted octanol–water partition coefficient (Wildman–Crippen LogP) is 1.04. The monoisotopic (exact) mass is 137 g/mol. The quantitative estimate of drug-likeness (QED) is 0.628. The molecule has 0 aliphatic heterocycles. The highest BCUT2D eigenvalue weighted by Gasteiger charge is 1.96. The van der Waals surface area contributed by atoms with Crippen molar-refractivity contribution in [2.24, 2.45) is 0 Å². The van der Waals surface area contributed by atoms with Crippen molar-refractivity contribution in [1.29, 1.82) is 0 Å². The zero-order valence-corrected chi connectivity index (χ0v) is 5.07. The molecular formula is C6H5N2O2. The number of hydrogen-bond acceptors (Lipinski definition) is 2. The summed E-state index contributed by atoms with van der Waals surface area (Å²) in [6.07, 6.45) is 1.67. The minimum absolute atomic E-state index is 0.468. The van der Waals surface area contributed by atoms with Crippen molar-refractivity contribution in [3.8, 4) is 0 Å². The fraction of sp³-hybridized carbons (Fsp3) is 0. The first-order valence-corrected chi connectivity index (χ1v) is 2.67. The van der Waals surface area contributed by atoms with Gasteiger partial charge in [0, 0.05) is 18.1 Å². The van der Waals surface area contributed by atoms with Gasteiger partial charge < -0.3 is 0 Å². The summed E-state index contributed by atoms with van der Waals surface area (Å²) in [7, 11) is 0. The van der Waals surface area contributed by atoms with Crippen molar-refractivity contribution in [1.82, 2.24) is 4.98 Å². The minimum atomic E-state index is -1.31. The minimum Gasteiger partial charge on any atom is -0.288 e. The number of pyridine rings is 1. The number of nitrogens with zero attached hydrogens (tertiary/aromatic N) is 1. The Morgan fingerprint density at radius 2 is 2.00 bits per heavy atom. The molecule has 4 heteroatoms. The molecular weight excluding hydrogens is 132 g/mol. The van der Waals surface area contributed by atoms with Gasteiger partial charge in [-0.3, -0.25) is 10.3 Å². The molecule has 4 nitrogen and oxygen atoms in total. The summed E-state index contributed by atoms with van der Waals surface area (Å²) < 4.78 is 0. The third-order valence-electron chi connectivity index (χ3n) is 0.927. The molecule has 0 bridgehead atoms. The molecule has 1 radical (unpaired) electrons. The van der Waals surface area contributed by atoms with E-state index in [-0.39, 0.29) is 0 Å². The van der Waals surface area contributed by atoms with Gasteiger partial charge in [-0.15, -0.1) is 0 Å². The molecule has 10 heavy (non-hydrogen) atoms. The van der Waals surface area contributed by atoms with Crippen LogP contribution in [0.4, 0.5) is 10.5 Å². The van der Waals surface area contributed by atoms with E-state index in [2.05, 4.69) is 10.3 Å². The van der Waals surface area contributed by atoms with Gasteiger partial charge >= 0.3 is 6.09 Å². The lowest BCUT2D eigenvalue weighted by Crippen LogP contribution is -2.04. The number of carbonyl (C=O) groups is 1. The van der Waals surface area contributed by atoms with Crippen molar-refractivity contribution in [2.45, 2.75) is 0 Å². The molecule has 0 aromatic carbocycles. The number of carbonyl (C=O) groups excluding carboxylic acids is 1. The Morgan fingerprint density at radius 3 is 2.50 bits per heavy atom. The van der Waals surface area contributed by atoms with Crippen LogP contribution in [0.3, 0.4) is 0 Å². The maximum Gasteiger partial charge on any atom is 0.454 e. The normalized spacial score (nSPS) is 8.80. The first-order valence-electron chi connectivity index (χ1n) is 2.67. The van der Waals surface area contributed by atoms with E-state index in [0.29, 0.717) is 5.69 Å². The van der Waals surface area contributed by atoms with Gasteiger partial charge in [-0.1, -0.05) is 0 Å². The van der Waals surface area contributed by atoms with E-state index >= 15 is 0 Å². The molecule has 1 aromatic rings. The van der Waals surface area contributed by atoms with Crippen molar-refractivity contribution >= 4 is 11.8 Å². The first kappa shape index (κ1) is 6.54. The molecule has 0 saturated heterocycles. The molecule has 51 valence electrons. The summed E-state index contributed by atoms with van der Waals surface area (Å²) in [5.74, 6) is 0. The number of amides is 1. The highest BCUT2D eigenvalue weighted by Crippen LogP contribution is 2.01. The summed E-state index contributed by atoms with van der Waals surface area (Å²) in [5.41, 5.74) is 0.468. The van der Waals surface area contributed by atoms with Gasteiger partial charge in [0.2, 0.25) is 0 Å². The smallest absolute Gasteiger partial charge is 0.288 e. The van der Waals surface area contributed by atoms with Crippen molar-refractivity contribution in [3.63, 3.8) is 0 Å². The number of nitrogens with one attached hydrogen (secondary N) is 1. The Morgan fingerprint density at radius 1 is 1.40 bits per heavy atom. The molecule has 0 aliphatic rings. The molecule has 0 spiro atoms. The predicted molar refractivity (Wildman–Crippen MR) is 33.9 cm³/mol. The van der Waals surface area contributed by atoms with Crippen LogP contribution in [0.2, 0.25) is 0 Å². The zero-order valence-electron chi connectivity index (χ0n) is 5.07. The number of rotatable bonds is 1. The largest absolute Gasteiger partial charge is 0.454 e. The lowest BCUT2D eigenvalue weighted by Gasteiger charge is -1.94. The maximum atomic E-state index is 9.93. The zero-order chi connectivity index (χ0) is 7.40. The lowest BCUT2D eigenvalue weighted by molar-refractivity contribution is 0.185. The third kappa shape index (κ3) is 1.74. The highest BCUT2D eigenvalue weighted by atomic mass is 16.4. The molecule has 0 atom stereocenters. The molecule has 1 N–H and O–H groups in total. The van der Waals surface area contributed by atoms with Crippen LogP contribution in [-0.4, -0.2) is 11.1 Å². The van der Waals surface area contributed by atoms with E-state index in [9.17, 15) is 9.90 Å². The highest BCUT2D eigenvalue weighted by molar-refractivity contribution is 5.82. The van der Waals surface area contributed by atoms with Crippen LogP contribution in [0.5, 0.6) is 0 Å². The van der Waals surface area contributed by atoms with Crippen molar-refractivity contribution in [3.05, 3.63) is 24.5 Å². The molecule has 0 saturated carbocycles. The second-order valence-corrected chi connectivity index (χ2v) is 1.65. The lowest BCUT2D eigenvalue weighted by atomic mass is 10.4.